The predicted molar refractivity (Wildman–Crippen MR) is 144 cm³/mol. The number of carbonyl (C=O) groups excluding carboxylic acids is 2. The summed E-state index contributed by atoms with van der Waals surface area (Å²) in [5.74, 6) is 1.30. The third-order valence-electron chi connectivity index (χ3n) is 5.53. The van der Waals surface area contributed by atoms with Crippen LogP contribution in [-0.4, -0.2) is 42.7 Å². The lowest BCUT2D eigenvalue weighted by atomic mass is 10.0. The van der Waals surface area contributed by atoms with Gasteiger partial charge in [0, 0.05) is 35.8 Å². The highest BCUT2D eigenvalue weighted by Gasteiger charge is 2.30. The van der Waals surface area contributed by atoms with Crippen LogP contribution in [0.4, 0.5) is 0 Å². The second-order valence-electron chi connectivity index (χ2n) is 7.92. The van der Waals surface area contributed by atoms with Crippen LogP contribution >= 0.6 is 35.0 Å². The molecule has 0 radical (unpaired) electrons. The Hall–Kier alpha value is -2.67. The van der Waals surface area contributed by atoms with E-state index in [4.69, 9.17) is 27.9 Å². The zero-order valence-electron chi connectivity index (χ0n) is 19.7. The molecule has 0 fully saturated rings. The molecular weight excluding hydrogens is 503 g/mol. The second-order valence-corrected chi connectivity index (χ2v) is 9.75. The molecule has 0 bridgehead atoms. The Morgan fingerprint density at radius 2 is 1.71 bits per heavy atom. The number of thioether (sulfide) groups is 1. The first kappa shape index (κ1) is 26.9. The number of ether oxygens (including phenoxy) is 1. The quantitative estimate of drug-likeness (QED) is 0.349. The van der Waals surface area contributed by atoms with Crippen molar-refractivity contribution in [2.24, 2.45) is 0 Å². The van der Waals surface area contributed by atoms with Gasteiger partial charge in [-0.25, -0.2) is 0 Å². The molecule has 0 unspecified atom stereocenters. The molecule has 0 aliphatic rings. The molecule has 0 saturated carbocycles. The third kappa shape index (κ3) is 7.92. The van der Waals surface area contributed by atoms with Crippen molar-refractivity contribution in [2.75, 3.05) is 19.9 Å². The van der Waals surface area contributed by atoms with Crippen molar-refractivity contribution in [1.29, 1.82) is 0 Å². The van der Waals surface area contributed by atoms with Gasteiger partial charge in [0.15, 0.2) is 0 Å². The second kappa shape index (κ2) is 13.4. The minimum absolute atomic E-state index is 0.140. The highest BCUT2D eigenvalue weighted by Crippen LogP contribution is 2.25. The first-order valence-electron chi connectivity index (χ1n) is 11.1. The van der Waals surface area contributed by atoms with Gasteiger partial charge in [0.2, 0.25) is 11.8 Å². The van der Waals surface area contributed by atoms with E-state index < -0.39 is 6.04 Å². The summed E-state index contributed by atoms with van der Waals surface area (Å²) >= 11 is 14.0. The van der Waals surface area contributed by atoms with Crippen LogP contribution in [-0.2, 0) is 28.3 Å². The number of benzene rings is 3. The molecule has 184 valence electrons. The Balaban J connectivity index is 1.81. The van der Waals surface area contributed by atoms with Crippen LogP contribution in [0.2, 0.25) is 10.0 Å². The number of nitrogens with one attached hydrogen (secondary N) is 1. The highest BCUT2D eigenvalue weighted by molar-refractivity contribution is 7.99. The fraction of sp³-hybridized carbons (Fsp3) is 0.259. The zero-order valence-corrected chi connectivity index (χ0v) is 22.0. The van der Waals surface area contributed by atoms with Gasteiger partial charge in [-0.05, 0) is 41.0 Å². The van der Waals surface area contributed by atoms with Crippen LogP contribution in [0.5, 0.6) is 5.75 Å². The van der Waals surface area contributed by atoms with E-state index >= 15 is 0 Å². The van der Waals surface area contributed by atoms with Crippen LogP contribution in [0.25, 0.3) is 0 Å². The summed E-state index contributed by atoms with van der Waals surface area (Å²) < 4.78 is 5.20. The molecule has 0 aliphatic carbocycles. The molecular formula is C27H28Cl2N2O3S. The monoisotopic (exact) mass is 530 g/mol. The predicted octanol–water partition coefficient (Wildman–Crippen LogP) is 5.62. The Labute approximate surface area is 220 Å². The lowest BCUT2D eigenvalue weighted by Crippen LogP contribution is -2.50. The standard InChI is InChI=1S/C27H28Cl2N2O3S/c1-30-27(33)25(14-19-6-4-3-5-7-19)31(16-21-10-11-22(28)15-24(21)29)26(32)18-35-17-20-8-12-23(34-2)13-9-20/h3-13,15,25H,14,16-18H2,1-2H3,(H,30,33)/t25-/m0/s1. The fourth-order valence-electron chi connectivity index (χ4n) is 3.61. The number of halogens is 2. The van der Waals surface area contributed by atoms with Gasteiger partial charge in [-0.15, -0.1) is 11.8 Å². The largest absolute Gasteiger partial charge is 0.497 e. The summed E-state index contributed by atoms with van der Waals surface area (Å²) in [5.41, 5.74) is 2.78. The van der Waals surface area contributed by atoms with E-state index in [0.717, 1.165) is 22.4 Å². The third-order valence-corrected chi connectivity index (χ3v) is 7.10. The minimum Gasteiger partial charge on any atom is -0.497 e. The van der Waals surface area contributed by atoms with Crippen LogP contribution < -0.4 is 10.1 Å². The van der Waals surface area contributed by atoms with Crippen LogP contribution in [0.15, 0.2) is 72.8 Å². The summed E-state index contributed by atoms with van der Waals surface area (Å²) in [5, 5.41) is 3.69. The molecule has 2 amide bonds. The summed E-state index contributed by atoms with van der Waals surface area (Å²) in [6, 6.07) is 21.9. The summed E-state index contributed by atoms with van der Waals surface area (Å²) in [6.45, 7) is 0.197. The van der Waals surface area contributed by atoms with Gasteiger partial charge >= 0.3 is 0 Å². The molecule has 0 saturated heterocycles. The Morgan fingerprint density at radius 3 is 2.34 bits per heavy atom. The normalized spacial score (nSPS) is 11.5. The average Bonchev–Trinajstić information content (AvgIpc) is 2.87. The van der Waals surface area contributed by atoms with Crippen molar-refractivity contribution in [3.63, 3.8) is 0 Å². The summed E-state index contributed by atoms with van der Waals surface area (Å²) in [6.07, 6.45) is 0.389. The maximum absolute atomic E-state index is 13.5. The number of amides is 2. The molecule has 1 N–H and O–H groups in total. The van der Waals surface area contributed by atoms with E-state index in [1.54, 1.807) is 37.3 Å². The van der Waals surface area contributed by atoms with Crippen LogP contribution in [0.1, 0.15) is 16.7 Å². The number of likely N-dealkylation sites (N-methyl/N-ethyl adjacent to an activating group) is 1. The van der Waals surface area contributed by atoms with E-state index in [2.05, 4.69) is 5.32 Å². The van der Waals surface area contributed by atoms with Crippen molar-refractivity contribution in [1.82, 2.24) is 10.2 Å². The number of hydrogen-bond acceptors (Lipinski definition) is 4. The van der Waals surface area contributed by atoms with Gasteiger partial charge in [-0.1, -0.05) is 71.7 Å². The SMILES string of the molecule is CNC(=O)[C@H](Cc1ccccc1)N(Cc1ccc(Cl)cc1Cl)C(=O)CSCc1ccc(OC)cc1. The Bertz CT molecular complexity index is 1130. The molecule has 0 heterocycles. The molecule has 35 heavy (non-hydrogen) atoms. The number of carbonyl (C=O) groups is 2. The van der Waals surface area contributed by atoms with Crippen molar-refractivity contribution in [3.8, 4) is 5.75 Å². The van der Waals surface area contributed by atoms with E-state index in [-0.39, 0.29) is 24.1 Å². The van der Waals surface area contributed by atoms with Crippen LogP contribution in [0.3, 0.4) is 0 Å². The van der Waals surface area contributed by atoms with E-state index in [1.165, 1.54) is 11.8 Å². The van der Waals surface area contributed by atoms with E-state index in [1.807, 2.05) is 54.6 Å². The smallest absolute Gasteiger partial charge is 0.242 e. The molecule has 8 heteroatoms. The van der Waals surface area contributed by atoms with E-state index in [0.29, 0.717) is 22.2 Å². The maximum atomic E-state index is 13.5. The summed E-state index contributed by atoms with van der Waals surface area (Å²) in [4.78, 5) is 28.1. The van der Waals surface area contributed by atoms with Crippen molar-refractivity contribution in [2.45, 2.75) is 24.8 Å². The first-order chi connectivity index (χ1) is 16.9. The van der Waals surface area contributed by atoms with Crippen molar-refractivity contribution < 1.29 is 14.3 Å². The lowest BCUT2D eigenvalue weighted by Gasteiger charge is -2.31. The Morgan fingerprint density at radius 1 is 1.00 bits per heavy atom. The number of methoxy groups -OCH3 is 1. The molecule has 0 spiro atoms. The number of hydrogen-bond donors (Lipinski definition) is 1. The number of rotatable bonds is 11. The first-order valence-corrected chi connectivity index (χ1v) is 13.0. The molecule has 0 aromatic heterocycles. The topological polar surface area (TPSA) is 58.6 Å². The molecule has 5 nitrogen and oxygen atoms in total. The minimum atomic E-state index is -0.691. The molecule has 3 rings (SSSR count). The highest BCUT2D eigenvalue weighted by atomic mass is 35.5. The molecule has 3 aromatic carbocycles. The molecule has 1 atom stereocenters. The lowest BCUT2D eigenvalue weighted by molar-refractivity contribution is -0.139. The van der Waals surface area contributed by atoms with Gasteiger partial charge in [0.25, 0.3) is 0 Å². The van der Waals surface area contributed by atoms with E-state index in [9.17, 15) is 9.59 Å². The molecule has 3 aromatic rings. The number of nitrogens with zero attached hydrogens (tertiary/aromatic N) is 1. The Kier molecular flexibility index (Phi) is 10.3. The van der Waals surface area contributed by atoms with Gasteiger partial charge in [0.1, 0.15) is 11.8 Å². The zero-order chi connectivity index (χ0) is 25.2. The van der Waals surface area contributed by atoms with Crippen molar-refractivity contribution in [3.05, 3.63) is 99.5 Å². The maximum Gasteiger partial charge on any atom is 0.242 e. The van der Waals surface area contributed by atoms with Gasteiger partial charge in [0.05, 0.1) is 12.9 Å². The van der Waals surface area contributed by atoms with Gasteiger partial charge in [-0.3, -0.25) is 9.59 Å². The van der Waals surface area contributed by atoms with Gasteiger partial charge < -0.3 is 15.0 Å². The fourth-order valence-corrected chi connectivity index (χ4v) is 4.95. The average molecular weight is 532 g/mol. The van der Waals surface area contributed by atoms with Gasteiger partial charge in [-0.2, -0.15) is 0 Å². The summed E-state index contributed by atoms with van der Waals surface area (Å²) in [7, 11) is 3.21. The molecule has 0 aliphatic heterocycles. The van der Waals surface area contributed by atoms with Crippen LogP contribution in [0, 0.1) is 0 Å². The van der Waals surface area contributed by atoms with Crippen molar-refractivity contribution >= 4 is 46.8 Å².